The van der Waals surface area contributed by atoms with Crippen molar-refractivity contribution in [2.75, 3.05) is 7.11 Å². The second-order valence-electron chi connectivity index (χ2n) is 3.52. The van der Waals surface area contributed by atoms with Gasteiger partial charge in [-0.1, -0.05) is 18.2 Å². The third kappa shape index (κ3) is 1.34. The summed E-state index contributed by atoms with van der Waals surface area (Å²) in [6.45, 7) is 0. The number of nitrogens with zero attached hydrogens (tertiary/aromatic N) is 4. The maximum Gasteiger partial charge on any atom is 0.338 e. The second-order valence-corrected chi connectivity index (χ2v) is 3.52. The zero-order chi connectivity index (χ0) is 11.8. The molecule has 2 heterocycles. The highest BCUT2D eigenvalue weighted by atomic mass is 16.5. The van der Waals surface area contributed by atoms with Gasteiger partial charge in [-0.25, -0.2) is 4.79 Å². The zero-order valence-corrected chi connectivity index (χ0v) is 8.99. The largest absolute Gasteiger partial charge is 0.465 e. The Hall–Kier alpha value is -2.50. The lowest BCUT2D eigenvalue weighted by atomic mass is 10.1. The maximum absolute atomic E-state index is 11.7. The minimum atomic E-state index is -0.397. The Kier molecular flexibility index (Phi) is 2.01. The van der Waals surface area contributed by atoms with Gasteiger partial charge in [0.25, 0.3) is 0 Å². The van der Waals surface area contributed by atoms with E-state index in [-0.39, 0.29) is 0 Å². The highest BCUT2D eigenvalue weighted by Crippen LogP contribution is 2.20. The normalized spacial score (nSPS) is 10.9. The van der Waals surface area contributed by atoms with Crippen LogP contribution in [0.15, 0.2) is 30.3 Å². The molecule has 3 aromatic rings. The smallest absolute Gasteiger partial charge is 0.338 e. The second kappa shape index (κ2) is 3.51. The van der Waals surface area contributed by atoms with Gasteiger partial charge in [-0.05, 0) is 16.5 Å². The van der Waals surface area contributed by atoms with E-state index in [1.807, 2.05) is 24.3 Å². The lowest BCUT2D eigenvalue weighted by Gasteiger charge is -2.05. The Morgan fingerprint density at radius 2 is 2.18 bits per heavy atom. The number of hydrogen-bond donors (Lipinski definition) is 0. The van der Waals surface area contributed by atoms with Crippen LogP contribution in [-0.4, -0.2) is 33.1 Å². The quantitative estimate of drug-likeness (QED) is 0.582. The topological polar surface area (TPSA) is 69.4 Å². The average molecular weight is 228 g/mol. The predicted molar refractivity (Wildman–Crippen MR) is 59.6 cm³/mol. The minimum absolute atomic E-state index is 0.397. The molecule has 0 saturated carbocycles. The fourth-order valence-electron chi connectivity index (χ4n) is 1.83. The van der Waals surface area contributed by atoms with E-state index in [4.69, 9.17) is 4.74 Å². The molecule has 0 unspecified atom stereocenters. The highest BCUT2D eigenvalue weighted by Gasteiger charge is 2.14. The molecule has 0 bridgehead atoms. The summed E-state index contributed by atoms with van der Waals surface area (Å²) in [5.74, 6) is -0.397. The van der Waals surface area contributed by atoms with E-state index >= 15 is 0 Å². The zero-order valence-electron chi connectivity index (χ0n) is 8.99. The Bertz CT molecular complexity index is 720. The summed E-state index contributed by atoms with van der Waals surface area (Å²) in [5.41, 5.74) is 1.75. The molecule has 3 rings (SSSR count). The van der Waals surface area contributed by atoms with Crippen LogP contribution in [0.5, 0.6) is 0 Å². The van der Waals surface area contributed by atoms with E-state index in [2.05, 4.69) is 15.5 Å². The Labute approximate surface area is 95.8 Å². The number of methoxy groups -OCH3 is 1. The van der Waals surface area contributed by atoms with Gasteiger partial charge in [-0.2, -0.15) is 4.52 Å². The molecule has 0 amide bonds. The van der Waals surface area contributed by atoms with Crippen LogP contribution < -0.4 is 0 Å². The number of esters is 1. The molecule has 6 nitrogen and oxygen atoms in total. The van der Waals surface area contributed by atoms with Gasteiger partial charge < -0.3 is 4.74 Å². The molecule has 0 radical (unpaired) electrons. The first-order chi connectivity index (χ1) is 8.31. The predicted octanol–water partition coefficient (Wildman–Crippen LogP) is 1.06. The average Bonchev–Trinajstić information content (AvgIpc) is 2.85. The number of fused-ring (bicyclic) bond motifs is 3. The number of carbonyl (C=O) groups is 1. The summed E-state index contributed by atoms with van der Waals surface area (Å²) in [6, 6.07) is 9.03. The van der Waals surface area contributed by atoms with E-state index in [1.54, 1.807) is 10.6 Å². The van der Waals surface area contributed by atoms with Crippen LogP contribution in [0.4, 0.5) is 0 Å². The number of hydrogen-bond acceptors (Lipinski definition) is 5. The lowest BCUT2D eigenvalue weighted by Crippen LogP contribution is -2.04. The van der Waals surface area contributed by atoms with Gasteiger partial charge in [0.05, 0.1) is 18.2 Å². The van der Waals surface area contributed by atoms with Crippen molar-refractivity contribution in [3.8, 4) is 0 Å². The number of para-hydroxylation sites is 1. The SMILES string of the molecule is COC(=O)c1cc2nnnn2c2ccccc12. The fourth-order valence-corrected chi connectivity index (χ4v) is 1.83. The number of aromatic nitrogens is 4. The molecular formula is C11H8N4O2. The molecule has 84 valence electrons. The van der Waals surface area contributed by atoms with Gasteiger partial charge in [-0.15, -0.1) is 5.10 Å². The highest BCUT2D eigenvalue weighted by molar-refractivity contribution is 6.04. The van der Waals surface area contributed by atoms with Gasteiger partial charge in [0.2, 0.25) is 0 Å². The lowest BCUT2D eigenvalue weighted by molar-refractivity contribution is 0.0603. The Morgan fingerprint density at radius 1 is 1.35 bits per heavy atom. The van der Waals surface area contributed by atoms with Crippen molar-refractivity contribution < 1.29 is 9.53 Å². The molecule has 0 spiro atoms. The van der Waals surface area contributed by atoms with E-state index in [0.717, 1.165) is 10.9 Å². The van der Waals surface area contributed by atoms with Gasteiger partial charge >= 0.3 is 5.97 Å². The van der Waals surface area contributed by atoms with Gasteiger partial charge in [0.1, 0.15) is 0 Å². The molecule has 0 saturated heterocycles. The number of benzene rings is 1. The number of tetrazole rings is 1. The molecule has 0 atom stereocenters. The summed E-state index contributed by atoms with van der Waals surface area (Å²) < 4.78 is 6.34. The standard InChI is InChI=1S/C11H8N4O2/c1-17-11(16)8-6-10-12-13-14-15(10)9-5-3-2-4-7(8)9/h2-6H,1H3. The Morgan fingerprint density at radius 3 is 3.00 bits per heavy atom. The number of pyridine rings is 1. The molecule has 17 heavy (non-hydrogen) atoms. The molecule has 1 aromatic carbocycles. The summed E-state index contributed by atoms with van der Waals surface area (Å²) in [6.07, 6.45) is 0. The van der Waals surface area contributed by atoms with Crippen molar-refractivity contribution >= 4 is 22.5 Å². The monoisotopic (exact) mass is 228 g/mol. The molecule has 2 aromatic heterocycles. The van der Waals surface area contributed by atoms with E-state index < -0.39 is 5.97 Å². The Balaban J connectivity index is 2.49. The summed E-state index contributed by atoms with van der Waals surface area (Å²) in [5, 5.41) is 12.1. The van der Waals surface area contributed by atoms with Crippen LogP contribution in [0.1, 0.15) is 10.4 Å². The van der Waals surface area contributed by atoms with E-state index in [0.29, 0.717) is 11.2 Å². The number of carbonyl (C=O) groups excluding carboxylic acids is 1. The number of rotatable bonds is 1. The van der Waals surface area contributed by atoms with Crippen LogP contribution >= 0.6 is 0 Å². The summed E-state index contributed by atoms with van der Waals surface area (Å²) >= 11 is 0. The van der Waals surface area contributed by atoms with Crippen LogP contribution in [-0.2, 0) is 4.74 Å². The van der Waals surface area contributed by atoms with Crippen LogP contribution in [0, 0.1) is 0 Å². The van der Waals surface area contributed by atoms with E-state index in [9.17, 15) is 4.79 Å². The van der Waals surface area contributed by atoms with Gasteiger partial charge in [0.15, 0.2) is 5.65 Å². The molecule has 6 heteroatoms. The first kappa shape index (κ1) is 9.71. The van der Waals surface area contributed by atoms with Crippen molar-refractivity contribution in [1.29, 1.82) is 0 Å². The van der Waals surface area contributed by atoms with Crippen molar-refractivity contribution in [2.24, 2.45) is 0 Å². The van der Waals surface area contributed by atoms with Crippen molar-refractivity contribution in [3.63, 3.8) is 0 Å². The van der Waals surface area contributed by atoms with E-state index in [1.165, 1.54) is 7.11 Å². The molecule has 0 N–H and O–H groups in total. The fraction of sp³-hybridized carbons (Fsp3) is 0.0909. The van der Waals surface area contributed by atoms with Crippen LogP contribution in [0.3, 0.4) is 0 Å². The van der Waals surface area contributed by atoms with Crippen molar-refractivity contribution in [1.82, 2.24) is 20.0 Å². The number of ether oxygens (including phenoxy) is 1. The van der Waals surface area contributed by atoms with Gasteiger partial charge in [-0.3, -0.25) is 0 Å². The molecule has 0 aliphatic rings. The first-order valence-electron chi connectivity index (χ1n) is 4.99. The molecule has 0 aliphatic heterocycles. The summed E-state index contributed by atoms with van der Waals surface area (Å²) in [7, 11) is 1.35. The molecule has 0 fully saturated rings. The third-order valence-corrected chi connectivity index (χ3v) is 2.59. The summed E-state index contributed by atoms with van der Waals surface area (Å²) in [4.78, 5) is 11.7. The van der Waals surface area contributed by atoms with Crippen LogP contribution in [0.25, 0.3) is 16.6 Å². The van der Waals surface area contributed by atoms with Crippen LogP contribution in [0.2, 0.25) is 0 Å². The van der Waals surface area contributed by atoms with Crippen molar-refractivity contribution in [3.05, 3.63) is 35.9 Å². The minimum Gasteiger partial charge on any atom is -0.465 e. The third-order valence-electron chi connectivity index (χ3n) is 2.59. The first-order valence-corrected chi connectivity index (χ1v) is 4.99. The molecule has 0 aliphatic carbocycles. The maximum atomic E-state index is 11.7. The van der Waals surface area contributed by atoms with Crippen molar-refractivity contribution in [2.45, 2.75) is 0 Å². The molecular weight excluding hydrogens is 220 g/mol. The van der Waals surface area contributed by atoms with Gasteiger partial charge in [0, 0.05) is 11.5 Å².